The minimum absolute atomic E-state index is 0.261. The number of pyridine rings is 1. The van der Waals surface area contributed by atoms with Gasteiger partial charge in [-0.2, -0.15) is 28.1 Å². The molecule has 3 aromatic heterocycles. The van der Waals surface area contributed by atoms with Crippen molar-refractivity contribution in [2.24, 2.45) is 0 Å². The smallest absolute Gasteiger partial charge is 0.350 e. The van der Waals surface area contributed by atoms with Crippen molar-refractivity contribution in [3.8, 4) is 0 Å². The van der Waals surface area contributed by atoms with Crippen LogP contribution >= 0.6 is 11.3 Å². The lowest BCUT2D eigenvalue weighted by Crippen LogP contribution is -2.08. The first kappa shape index (κ1) is 22.3. The number of halogens is 3. The topological polar surface area (TPSA) is 88.5 Å². The number of thiazole rings is 1. The van der Waals surface area contributed by atoms with E-state index >= 15 is 0 Å². The summed E-state index contributed by atoms with van der Waals surface area (Å²) in [4.78, 5) is 22.4. The van der Waals surface area contributed by atoms with E-state index in [1.54, 1.807) is 24.7 Å². The number of nitrogens with one attached hydrogen (secondary N) is 2. The normalized spacial score (nSPS) is 11.6. The minimum Gasteiger partial charge on any atom is -0.350 e. The van der Waals surface area contributed by atoms with Crippen LogP contribution in [0.2, 0.25) is 0 Å². The van der Waals surface area contributed by atoms with Crippen molar-refractivity contribution in [3.63, 3.8) is 0 Å². The van der Waals surface area contributed by atoms with Crippen molar-refractivity contribution in [3.05, 3.63) is 82.4 Å². The van der Waals surface area contributed by atoms with E-state index in [2.05, 4.69) is 35.6 Å². The lowest BCUT2D eigenvalue weighted by molar-refractivity contribution is -0.137. The highest BCUT2D eigenvalue weighted by molar-refractivity contribution is 7.15. The van der Waals surface area contributed by atoms with Crippen molar-refractivity contribution in [1.29, 1.82) is 0 Å². The van der Waals surface area contributed by atoms with Crippen LogP contribution in [0.25, 0.3) is 12.2 Å². The molecule has 168 valence electrons. The number of rotatable bonds is 7. The molecule has 0 saturated heterocycles. The van der Waals surface area contributed by atoms with Gasteiger partial charge in [0.15, 0.2) is 11.0 Å². The van der Waals surface area contributed by atoms with Crippen LogP contribution < -0.4 is 10.6 Å². The maximum absolute atomic E-state index is 13.0. The first-order valence-electron chi connectivity index (χ1n) is 9.79. The summed E-state index contributed by atoms with van der Waals surface area (Å²) in [5.41, 5.74) is 0.588. The summed E-state index contributed by atoms with van der Waals surface area (Å²) in [6.07, 6.45) is 3.77. The molecule has 2 N–H and O–H groups in total. The molecule has 4 rings (SSSR count). The average molecular weight is 469 g/mol. The molecule has 7 nitrogen and oxygen atoms in total. The second-order valence-electron chi connectivity index (χ2n) is 6.91. The Morgan fingerprint density at radius 2 is 1.85 bits per heavy atom. The first-order chi connectivity index (χ1) is 15.8. The summed E-state index contributed by atoms with van der Waals surface area (Å²) in [6.45, 7) is 2.37. The molecular weight excluding hydrogens is 451 g/mol. The molecule has 0 unspecified atom stereocenters. The van der Waals surface area contributed by atoms with Gasteiger partial charge in [-0.1, -0.05) is 24.3 Å². The second kappa shape index (κ2) is 9.74. The number of aromatic nitrogens is 5. The fourth-order valence-corrected chi connectivity index (χ4v) is 3.44. The number of alkyl halides is 3. The Labute approximate surface area is 191 Å². The Hall–Kier alpha value is -3.86. The van der Waals surface area contributed by atoms with Crippen LogP contribution in [0, 0.1) is 6.92 Å². The van der Waals surface area contributed by atoms with Crippen molar-refractivity contribution in [2.45, 2.75) is 19.6 Å². The van der Waals surface area contributed by atoms with Gasteiger partial charge in [0.1, 0.15) is 0 Å². The first-order valence-corrected chi connectivity index (χ1v) is 10.6. The van der Waals surface area contributed by atoms with Gasteiger partial charge < -0.3 is 5.32 Å². The third-order valence-electron chi connectivity index (χ3n) is 4.30. The van der Waals surface area contributed by atoms with Crippen molar-refractivity contribution in [2.75, 3.05) is 10.6 Å². The third-order valence-corrected chi connectivity index (χ3v) is 5.13. The summed E-state index contributed by atoms with van der Waals surface area (Å²) in [6, 6.07) is 8.76. The van der Waals surface area contributed by atoms with E-state index in [9.17, 15) is 13.2 Å². The number of hydrogen-bond acceptors (Lipinski definition) is 8. The average Bonchev–Trinajstić information content (AvgIpc) is 3.21. The lowest BCUT2D eigenvalue weighted by atomic mass is 10.1. The molecule has 0 aliphatic carbocycles. The van der Waals surface area contributed by atoms with Gasteiger partial charge in [-0.05, 0) is 42.3 Å². The number of hydrogen-bond donors (Lipinski definition) is 2. The predicted molar refractivity (Wildman–Crippen MR) is 122 cm³/mol. The zero-order chi connectivity index (χ0) is 23.3. The maximum Gasteiger partial charge on any atom is 0.416 e. The van der Waals surface area contributed by atoms with Crippen LogP contribution in [0.1, 0.15) is 27.4 Å². The molecule has 0 aliphatic heterocycles. The van der Waals surface area contributed by atoms with Gasteiger partial charge in [0.05, 0.1) is 5.56 Å². The van der Waals surface area contributed by atoms with Crippen molar-refractivity contribution in [1.82, 2.24) is 24.9 Å². The lowest BCUT2D eigenvalue weighted by Gasteiger charge is -2.08. The van der Waals surface area contributed by atoms with E-state index in [-0.39, 0.29) is 11.8 Å². The molecule has 33 heavy (non-hydrogen) atoms. The van der Waals surface area contributed by atoms with Gasteiger partial charge in [-0.15, -0.1) is 11.3 Å². The highest BCUT2D eigenvalue weighted by Crippen LogP contribution is 2.30. The third kappa shape index (κ3) is 6.32. The predicted octanol–water partition coefficient (Wildman–Crippen LogP) is 5.58. The summed E-state index contributed by atoms with van der Waals surface area (Å²) >= 11 is 1.44. The van der Waals surface area contributed by atoms with Gasteiger partial charge in [-0.25, -0.2) is 4.98 Å². The fourth-order valence-electron chi connectivity index (χ4n) is 2.78. The Bertz CT molecular complexity index is 1260. The van der Waals surface area contributed by atoms with Crippen molar-refractivity contribution < 1.29 is 13.2 Å². The number of nitrogens with zero attached hydrogens (tertiary/aromatic N) is 5. The van der Waals surface area contributed by atoms with E-state index in [1.165, 1.54) is 29.6 Å². The number of anilines is 3. The zero-order valence-electron chi connectivity index (χ0n) is 17.3. The summed E-state index contributed by atoms with van der Waals surface area (Å²) in [7, 11) is 0. The summed E-state index contributed by atoms with van der Waals surface area (Å²) in [5.74, 6) is 0.830. The summed E-state index contributed by atoms with van der Waals surface area (Å²) < 4.78 is 39.0. The molecule has 1 aromatic carbocycles. The fraction of sp³-hybridized carbons (Fsp3) is 0.136. The molecule has 0 radical (unpaired) electrons. The monoisotopic (exact) mass is 469 g/mol. The Morgan fingerprint density at radius 3 is 2.58 bits per heavy atom. The standard InChI is InChI=1S/C22H18F3N7S/c1-14-11-28-21(33-14)32-20-30-18(8-7-15-4-2-6-17(10-15)22(23,24)25)29-19(31-20)27-13-16-5-3-9-26-12-16/h2-12H,13H2,1H3,(H2,27,28,29,30,31,32). The van der Waals surface area contributed by atoms with Gasteiger partial charge in [0.2, 0.25) is 11.9 Å². The van der Waals surface area contributed by atoms with Crippen LogP contribution in [0.4, 0.5) is 30.2 Å². The molecule has 0 saturated carbocycles. The molecule has 0 amide bonds. The molecule has 4 aromatic rings. The van der Waals surface area contributed by atoms with E-state index in [0.717, 1.165) is 22.6 Å². The van der Waals surface area contributed by atoms with E-state index < -0.39 is 11.7 Å². The van der Waals surface area contributed by atoms with E-state index in [4.69, 9.17) is 0 Å². The molecule has 0 aliphatic rings. The Morgan fingerprint density at radius 1 is 1.00 bits per heavy atom. The molecular formula is C22H18F3N7S. The highest BCUT2D eigenvalue weighted by atomic mass is 32.1. The van der Waals surface area contributed by atoms with Gasteiger partial charge in [0, 0.05) is 30.0 Å². The van der Waals surface area contributed by atoms with Gasteiger partial charge in [0.25, 0.3) is 0 Å². The largest absolute Gasteiger partial charge is 0.416 e. The van der Waals surface area contributed by atoms with E-state index in [0.29, 0.717) is 23.2 Å². The van der Waals surface area contributed by atoms with Crippen LogP contribution in [-0.2, 0) is 12.7 Å². The van der Waals surface area contributed by atoms with Crippen molar-refractivity contribution >= 4 is 40.5 Å². The Kier molecular flexibility index (Phi) is 6.59. The molecule has 0 fully saturated rings. The Balaban J connectivity index is 1.60. The van der Waals surface area contributed by atoms with Gasteiger partial charge in [-0.3, -0.25) is 10.3 Å². The minimum atomic E-state index is -4.41. The quantitative estimate of drug-likeness (QED) is 0.365. The SMILES string of the molecule is Cc1cnc(Nc2nc(C=Cc3cccc(C(F)(F)F)c3)nc(NCc3cccnc3)n2)s1. The van der Waals surface area contributed by atoms with Crippen LogP contribution in [0.15, 0.2) is 55.0 Å². The zero-order valence-corrected chi connectivity index (χ0v) is 18.2. The maximum atomic E-state index is 13.0. The molecule has 0 bridgehead atoms. The molecule has 0 spiro atoms. The number of aryl methyl sites for hydroxylation is 1. The molecule has 3 heterocycles. The van der Waals surface area contributed by atoms with E-state index in [1.807, 2.05) is 19.1 Å². The van der Waals surface area contributed by atoms with Crippen LogP contribution in [-0.4, -0.2) is 24.9 Å². The second-order valence-corrected chi connectivity index (χ2v) is 8.15. The van der Waals surface area contributed by atoms with Crippen LogP contribution in [0.5, 0.6) is 0 Å². The molecule has 11 heteroatoms. The van der Waals surface area contributed by atoms with Gasteiger partial charge >= 0.3 is 6.18 Å². The summed E-state index contributed by atoms with van der Waals surface area (Å²) in [5, 5.41) is 6.77. The molecule has 0 atom stereocenters. The number of benzene rings is 1. The van der Waals surface area contributed by atoms with Crippen LogP contribution in [0.3, 0.4) is 0 Å². The highest BCUT2D eigenvalue weighted by Gasteiger charge is 2.30.